The summed E-state index contributed by atoms with van der Waals surface area (Å²) in [7, 11) is -8.56. The molecule has 0 amide bonds. The molecule has 0 N–H and O–H groups in total. The predicted octanol–water partition coefficient (Wildman–Crippen LogP) is 19.5. The van der Waals surface area contributed by atoms with Crippen molar-refractivity contribution in [2.75, 3.05) is 0 Å². The highest BCUT2D eigenvalue weighted by Crippen LogP contribution is 2.84. The van der Waals surface area contributed by atoms with Crippen LogP contribution in [0.5, 0.6) is 40.2 Å². The summed E-state index contributed by atoms with van der Waals surface area (Å²) in [5.74, 6) is 5.48. The third-order valence-electron chi connectivity index (χ3n) is 12.6. The van der Waals surface area contributed by atoms with Crippen LogP contribution in [-0.4, -0.2) is 86.2 Å². The minimum atomic E-state index is -1.31. The lowest BCUT2D eigenvalue weighted by molar-refractivity contribution is 0.0333. The van der Waals surface area contributed by atoms with Crippen molar-refractivity contribution in [1.29, 1.82) is 0 Å². The molecule has 23 heteroatoms. The molecule has 80 heavy (non-hydrogen) atoms. The number of hydrogen-bond acceptors (Lipinski definition) is 15. The Morgan fingerprint density at radius 3 is 0.688 bits per heavy atom. The van der Waals surface area contributed by atoms with Gasteiger partial charge in [0.1, 0.15) is 40.2 Å². The molecule has 0 aliphatic carbocycles. The Labute approximate surface area is 491 Å². The lowest BCUT2D eigenvalue weighted by atomic mass is 10.1. The van der Waals surface area contributed by atoms with E-state index in [0.29, 0.717) is 8.58 Å². The lowest BCUT2D eigenvalue weighted by Crippen LogP contribution is -2.66. The predicted molar refractivity (Wildman–Crippen MR) is 343 cm³/mol. The summed E-state index contributed by atoms with van der Waals surface area (Å²) in [6.45, 7) is 54.3. The monoisotopic (exact) mass is 1250 g/mol. The fourth-order valence-corrected chi connectivity index (χ4v) is 29.8. The SMILES string of the molecule is CC(C)(C)N1C2Pc3cccc(c3)OP3N(C(C)(C)C)P(Oc4cccc(c4)OP4N(C(C)(C)C)P(Oc5cccc(c5)OP5N(C(C)(C)C)P(Oc6cccc(c6)OP1N2C(C)(C)C)N5C(C)(C)C)N4C(C)(C)C)N3C(C)(C)C. The zero-order valence-electron chi connectivity index (χ0n) is 51.9. The maximum Gasteiger partial charge on any atom is 0.264 e. The molecule has 0 aromatic heterocycles. The zero-order chi connectivity index (χ0) is 58.8. The van der Waals surface area contributed by atoms with Crippen molar-refractivity contribution in [3.63, 3.8) is 0 Å². The fourth-order valence-electron chi connectivity index (χ4n) is 9.34. The molecule has 18 rings (SSSR count). The molecule has 4 saturated heterocycles. The van der Waals surface area contributed by atoms with Gasteiger partial charge in [-0.2, -0.15) is 26.6 Å². The molecule has 1 atom stereocenters. The van der Waals surface area contributed by atoms with Gasteiger partial charge in [-0.05, 0) is 220 Å². The third-order valence-corrected chi connectivity index (χ3v) is 36.1. The number of rotatable bonds is 0. The molecule has 14 aliphatic rings. The summed E-state index contributed by atoms with van der Waals surface area (Å²) in [4.78, 5) is 0. The summed E-state index contributed by atoms with van der Waals surface area (Å²) in [6, 6.07) is 33.4. The van der Waals surface area contributed by atoms with Gasteiger partial charge in [0.15, 0.2) is 0 Å². The second-order valence-electron chi connectivity index (χ2n) is 28.7. The highest BCUT2D eigenvalue weighted by Gasteiger charge is 2.65. The lowest BCUT2D eigenvalue weighted by Gasteiger charge is -2.63. The normalized spacial score (nSPS) is 27.3. The van der Waals surface area contributed by atoms with Crippen molar-refractivity contribution >= 4 is 73.0 Å². The molecule has 14 aliphatic heterocycles. The summed E-state index contributed by atoms with van der Waals surface area (Å²) >= 11 is 0. The van der Waals surface area contributed by atoms with Crippen LogP contribution in [0.1, 0.15) is 166 Å². The van der Waals surface area contributed by atoms with E-state index in [2.05, 4.69) is 257 Å². The van der Waals surface area contributed by atoms with Gasteiger partial charge in [-0.1, -0.05) is 38.9 Å². The van der Waals surface area contributed by atoms with Crippen LogP contribution in [0.3, 0.4) is 0 Å². The molecule has 4 aromatic carbocycles. The Bertz CT molecular complexity index is 2270. The van der Waals surface area contributed by atoms with Gasteiger partial charge < -0.3 is 31.7 Å². The number of nitrogens with zero attached hydrogens (tertiary/aromatic N) is 8. The maximum atomic E-state index is 7.25. The highest BCUT2D eigenvalue weighted by atomic mass is 31.3. The standard InChI is InChI=1S/C57H90N8O7P8/c1-50(2,3)58-49-59(51(4,5)6)74(58)66-41-29-25-30-42(37-41)67-75-60(52(7,8)9)76(61(75)53(10,11)12)68-43-31-26-32-44(38-43)69-77-62(54(13,14)15)78(63(77)55(16,17)18)70-45-33-27-34-46(39-45)71-79-64(56(19,20)21)80(65(79)57(22,23)24)72-47-35-28-36-48(40-47)73-49/h25-40,49,73H,1-24H3. The Hall–Kier alpha value is -1.40. The summed E-state index contributed by atoms with van der Waals surface area (Å²) in [5, 5.41) is 1.23. The van der Waals surface area contributed by atoms with Crippen LogP contribution < -0.4 is 37.0 Å². The molecule has 0 saturated carbocycles. The zero-order valence-corrected chi connectivity index (χ0v) is 59.1. The molecular formula is C57H90N8O7P8. The molecular weight excluding hydrogens is 1160 g/mol. The third kappa shape index (κ3) is 13.1. The van der Waals surface area contributed by atoms with E-state index in [4.69, 9.17) is 31.7 Å². The Morgan fingerprint density at radius 1 is 0.275 bits per heavy atom. The second kappa shape index (κ2) is 22.4. The van der Waals surface area contributed by atoms with Crippen LogP contribution in [0.4, 0.5) is 0 Å². The Balaban J connectivity index is 1.12. The van der Waals surface area contributed by atoms with Gasteiger partial charge in [0.2, 0.25) is 0 Å². The molecule has 0 spiro atoms. The van der Waals surface area contributed by atoms with E-state index < -0.39 is 59.1 Å². The first-order valence-electron chi connectivity index (χ1n) is 27.6. The highest BCUT2D eigenvalue weighted by molar-refractivity contribution is 7.79. The first-order valence-corrected chi connectivity index (χ1v) is 36.9. The average molecular weight is 1250 g/mol. The van der Waals surface area contributed by atoms with Gasteiger partial charge in [-0.15, -0.1) is 0 Å². The minimum Gasteiger partial charge on any atom is -0.444 e. The van der Waals surface area contributed by atoms with Crippen LogP contribution in [0, 0.1) is 0 Å². The van der Waals surface area contributed by atoms with Crippen LogP contribution in [0.15, 0.2) is 97.1 Å². The maximum absolute atomic E-state index is 7.25. The fraction of sp³-hybridized carbons (Fsp3) is 0.579. The molecule has 4 aromatic rings. The number of hydrogen-bond donors (Lipinski definition) is 0. The summed E-state index contributed by atoms with van der Waals surface area (Å²) in [6.07, 6.45) is 0. The van der Waals surface area contributed by atoms with Crippen LogP contribution in [-0.2, 0) is 0 Å². The Morgan fingerprint density at radius 2 is 0.475 bits per heavy atom. The van der Waals surface area contributed by atoms with E-state index in [1.165, 1.54) is 5.30 Å². The topological polar surface area (TPSA) is 90.5 Å². The largest absolute Gasteiger partial charge is 0.444 e. The average Bonchev–Trinajstić information content (AvgIpc) is 3.23. The van der Waals surface area contributed by atoms with Crippen molar-refractivity contribution in [3.05, 3.63) is 97.1 Å². The molecule has 0 radical (unpaired) electrons. The minimum absolute atomic E-state index is 0.101. The summed E-state index contributed by atoms with van der Waals surface area (Å²) in [5.41, 5.74) is -2.05. The molecule has 4 fully saturated rings. The smallest absolute Gasteiger partial charge is 0.264 e. The summed E-state index contributed by atoms with van der Waals surface area (Å²) < 4.78 is 70.3. The van der Waals surface area contributed by atoms with E-state index in [0.717, 1.165) is 40.2 Å². The van der Waals surface area contributed by atoms with Crippen LogP contribution in [0.25, 0.3) is 0 Å². The van der Waals surface area contributed by atoms with Crippen molar-refractivity contribution in [1.82, 2.24) is 36.0 Å². The van der Waals surface area contributed by atoms with Crippen LogP contribution in [0.2, 0.25) is 0 Å². The molecule has 1 unspecified atom stereocenters. The van der Waals surface area contributed by atoms with Gasteiger partial charge in [-0.25, -0.2) is 9.34 Å². The van der Waals surface area contributed by atoms with E-state index in [-0.39, 0.29) is 50.2 Å². The van der Waals surface area contributed by atoms with Crippen LogP contribution >= 0.6 is 67.7 Å². The van der Waals surface area contributed by atoms with E-state index in [1.54, 1.807) is 0 Å². The quantitative estimate of drug-likeness (QED) is 0.156. The van der Waals surface area contributed by atoms with Crippen molar-refractivity contribution < 1.29 is 31.7 Å². The first-order chi connectivity index (χ1) is 36.7. The van der Waals surface area contributed by atoms with Gasteiger partial charge in [0, 0.05) is 62.5 Å². The van der Waals surface area contributed by atoms with E-state index >= 15 is 0 Å². The van der Waals surface area contributed by atoms with Gasteiger partial charge in [0.25, 0.3) is 59.1 Å². The number of benzene rings is 4. The molecule has 15 nitrogen and oxygen atoms in total. The Kier molecular flexibility index (Phi) is 17.7. The first kappa shape index (κ1) is 63.1. The van der Waals surface area contributed by atoms with Gasteiger partial charge in [0.05, 0.1) is 5.91 Å². The molecule has 440 valence electrons. The van der Waals surface area contributed by atoms with E-state index in [9.17, 15) is 0 Å². The second-order valence-corrected chi connectivity index (χ2v) is 42.4. The van der Waals surface area contributed by atoms with Gasteiger partial charge in [-0.3, -0.25) is 0 Å². The van der Waals surface area contributed by atoms with Crippen molar-refractivity contribution in [2.24, 2.45) is 0 Å². The van der Waals surface area contributed by atoms with E-state index in [1.807, 2.05) is 42.5 Å². The molecule has 14 heterocycles. The molecule has 16 bridgehead atoms. The van der Waals surface area contributed by atoms with Crippen molar-refractivity contribution in [2.45, 2.75) is 216 Å². The van der Waals surface area contributed by atoms with Gasteiger partial charge >= 0.3 is 0 Å². The van der Waals surface area contributed by atoms with Crippen molar-refractivity contribution in [3.8, 4) is 40.2 Å².